The molecule has 1 aromatic heterocycles. The van der Waals surface area contributed by atoms with Gasteiger partial charge in [-0.15, -0.1) is 11.3 Å². The molecule has 2 amide bonds. The highest BCUT2D eigenvalue weighted by molar-refractivity contribution is 7.10. The minimum absolute atomic E-state index is 0.0331. The van der Waals surface area contributed by atoms with Gasteiger partial charge in [-0.25, -0.2) is 9.29 Å². The summed E-state index contributed by atoms with van der Waals surface area (Å²) in [6.45, 7) is 2.62. The maximum Gasteiger partial charge on any atom is 0.251 e. The van der Waals surface area contributed by atoms with Crippen LogP contribution in [-0.2, 0) is 16.1 Å². The van der Waals surface area contributed by atoms with Crippen molar-refractivity contribution in [3.05, 3.63) is 52.0 Å². The van der Waals surface area contributed by atoms with Crippen LogP contribution in [0.2, 0.25) is 0 Å². The van der Waals surface area contributed by atoms with Crippen LogP contribution in [0.3, 0.4) is 0 Å². The number of halogens is 1. The van der Waals surface area contributed by atoms with Crippen molar-refractivity contribution >= 4 is 28.8 Å². The van der Waals surface area contributed by atoms with E-state index in [1.165, 1.54) is 23.8 Å². The molecule has 4 nitrogen and oxygen atoms in total. The average Bonchev–Trinajstić information content (AvgIpc) is 3.04. The van der Waals surface area contributed by atoms with Crippen LogP contribution in [-0.4, -0.2) is 29.8 Å². The summed E-state index contributed by atoms with van der Waals surface area (Å²) in [4.78, 5) is 28.9. The Balaban J connectivity index is 1.81. The van der Waals surface area contributed by atoms with E-state index in [2.05, 4.69) is 0 Å². The molecule has 1 fully saturated rings. The molecule has 120 valence electrons. The zero-order chi connectivity index (χ0) is 16.6. The molecule has 1 aliphatic rings. The summed E-state index contributed by atoms with van der Waals surface area (Å²) in [5, 5.41) is 2.01. The minimum Gasteiger partial charge on any atom is -0.289 e. The Hall–Kier alpha value is -2.05. The topological polar surface area (TPSA) is 40.6 Å². The SMILES string of the molecule is Cc1ccsc1CN(C)[C@H]1CC(=O)N(c2ccccc2F)C1=O. The molecule has 1 aromatic carbocycles. The number of rotatable bonds is 4. The van der Waals surface area contributed by atoms with Crippen LogP contribution in [0.1, 0.15) is 16.9 Å². The summed E-state index contributed by atoms with van der Waals surface area (Å²) in [5.74, 6) is -1.29. The molecule has 23 heavy (non-hydrogen) atoms. The maximum atomic E-state index is 13.9. The van der Waals surface area contributed by atoms with Gasteiger partial charge in [-0.1, -0.05) is 12.1 Å². The summed E-state index contributed by atoms with van der Waals surface area (Å²) in [5.41, 5.74) is 1.20. The minimum atomic E-state index is -0.563. The Bertz CT molecular complexity index is 759. The van der Waals surface area contributed by atoms with Crippen LogP contribution in [0.4, 0.5) is 10.1 Å². The zero-order valence-corrected chi connectivity index (χ0v) is 13.8. The van der Waals surface area contributed by atoms with Crippen molar-refractivity contribution in [2.45, 2.75) is 25.9 Å². The first kappa shape index (κ1) is 15.8. The Kier molecular flexibility index (Phi) is 4.28. The fourth-order valence-electron chi connectivity index (χ4n) is 2.75. The lowest BCUT2D eigenvalue weighted by Gasteiger charge is -2.22. The van der Waals surface area contributed by atoms with Gasteiger partial charge in [-0.3, -0.25) is 14.5 Å². The first-order chi connectivity index (χ1) is 11.0. The van der Waals surface area contributed by atoms with Crippen molar-refractivity contribution in [3.63, 3.8) is 0 Å². The van der Waals surface area contributed by atoms with Crippen molar-refractivity contribution in [3.8, 4) is 0 Å². The Morgan fingerprint density at radius 1 is 1.30 bits per heavy atom. The fraction of sp³-hybridized carbons (Fsp3) is 0.294. The quantitative estimate of drug-likeness (QED) is 0.808. The van der Waals surface area contributed by atoms with Gasteiger partial charge in [0.05, 0.1) is 18.2 Å². The third-order valence-electron chi connectivity index (χ3n) is 4.11. The first-order valence-corrected chi connectivity index (χ1v) is 8.21. The van der Waals surface area contributed by atoms with Gasteiger partial charge in [-0.05, 0) is 43.1 Å². The molecule has 0 radical (unpaired) electrons. The summed E-state index contributed by atoms with van der Waals surface area (Å²) >= 11 is 1.63. The molecule has 0 bridgehead atoms. The van der Waals surface area contributed by atoms with E-state index in [1.54, 1.807) is 17.4 Å². The lowest BCUT2D eigenvalue weighted by Crippen LogP contribution is -2.40. The van der Waals surface area contributed by atoms with Crippen LogP contribution in [0.25, 0.3) is 0 Å². The number of para-hydroxylation sites is 1. The molecule has 6 heteroatoms. The van der Waals surface area contributed by atoms with Crippen LogP contribution >= 0.6 is 11.3 Å². The Morgan fingerprint density at radius 3 is 2.70 bits per heavy atom. The zero-order valence-electron chi connectivity index (χ0n) is 13.0. The average molecular weight is 332 g/mol. The summed E-state index contributed by atoms with van der Waals surface area (Å²) in [6.07, 6.45) is 0.0775. The number of hydrogen-bond donors (Lipinski definition) is 0. The van der Waals surface area contributed by atoms with Crippen LogP contribution in [0.5, 0.6) is 0 Å². The summed E-state index contributed by atoms with van der Waals surface area (Å²) in [6, 6.07) is 7.33. The predicted molar refractivity (Wildman–Crippen MR) is 87.8 cm³/mol. The molecule has 3 rings (SSSR count). The van der Waals surface area contributed by atoms with Crippen molar-refractivity contribution in [2.75, 3.05) is 11.9 Å². The van der Waals surface area contributed by atoms with Crippen molar-refractivity contribution in [1.29, 1.82) is 0 Å². The lowest BCUT2D eigenvalue weighted by molar-refractivity contribution is -0.122. The van der Waals surface area contributed by atoms with Gasteiger partial charge in [0.1, 0.15) is 5.82 Å². The second-order valence-electron chi connectivity index (χ2n) is 5.68. The highest BCUT2D eigenvalue weighted by Crippen LogP contribution is 2.28. The number of aryl methyl sites for hydroxylation is 1. The third-order valence-corrected chi connectivity index (χ3v) is 5.12. The number of thiophene rings is 1. The molecule has 1 atom stereocenters. The van der Waals surface area contributed by atoms with Gasteiger partial charge in [0.15, 0.2) is 0 Å². The van der Waals surface area contributed by atoms with Gasteiger partial charge >= 0.3 is 0 Å². The number of anilines is 1. The van der Waals surface area contributed by atoms with Crippen LogP contribution in [0, 0.1) is 12.7 Å². The number of hydrogen-bond acceptors (Lipinski definition) is 4. The van der Waals surface area contributed by atoms with Gasteiger partial charge in [-0.2, -0.15) is 0 Å². The number of amides is 2. The largest absolute Gasteiger partial charge is 0.289 e. The number of nitrogens with zero attached hydrogens (tertiary/aromatic N) is 2. The predicted octanol–water partition coefficient (Wildman–Crippen LogP) is 2.96. The Morgan fingerprint density at radius 2 is 2.04 bits per heavy atom. The molecule has 0 unspecified atom stereocenters. The lowest BCUT2D eigenvalue weighted by atomic mass is 10.2. The molecule has 0 aliphatic carbocycles. The van der Waals surface area contributed by atoms with Gasteiger partial charge in [0.2, 0.25) is 5.91 Å². The first-order valence-electron chi connectivity index (χ1n) is 7.33. The molecule has 0 N–H and O–H groups in total. The van der Waals surface area contributed by atoms with Gasteiger partial charge in [0.25, 0.3) is 5.91 Å². The van der Waals surface area contributed by atoms with E-state index < -0.39 is 11.9 Å². The smallest absolute Gasteiger partial charge is 0.251 e. The van der Waals surface area contributed by atoms with E-state index in [9.17, 15) is 14.0 Å². The third kappa shape index (κ3) is 2.92. The maximum absolute atomic E-state index is 13.9. The van der Waals surface area contributed by atoms with E-state index in [-0.39, 0.29) is 23.9 Å². The van der Waals surface area contributed by atoms with E-state index in [4.69, 9.17) is 0 Å². The molecule has 2 heterocycles. The number of carbonyl (C=O) groups excluding carboxylic acids is 2. The molecular formula is C17H17FN2O2S. The van der Waals surface area contributed by atoms with Crippen LogP contribution in [0.15, 0.2) is 35.7 Å². The van der Waals surface area contributed by atoms with Crippen molar-refractivity contribution in [2.24, 2.45) is 0 Å². The summed E-state index contributed by atoms with van der Waals surface area (Å²) < 4.78 is 13.9. The van der Waals surface area contributed by atoms with Crippen molar-refractivity contribution < 1.29 is 14.0 Å². The van der Waals surface area contributed by atoms with E-state index in [0.29, 0.717) is 6.54 Å². The van der Waals surface area contributed by atoms with Gasteiger partial charge in [0, 0.05) is 11.4 Å². The normalized spacial score (nSPS) is 18.3. The van der Waals surface area contributed by atoms with E-state index >= 15 is 0 Å². The van der Waals surface area contributed by atoms with E-state index in [0.717, 1.165) is 9.78 Å². The molecule has 1 saturated heterocycles. The second kappa shape index (κ2) is 6.22. The van der Waals surface area contributed by atoms with Gasteiger partial charge < -0.3 is 0 Å². The summed E-state index contributed by atoms with van der Waals surface area (Å²) in [7, 11) is 1.82. The highest BCUT2D eigenvalue weighted by Gasteiger charge is 2.42. The second-order valence-corrected chi connectivity index (χ2v) is 6.68. The fourth-order valence-corrected chi connectivity index (χ4v) is 3.72. The van der Waals surface area contributed by atoms with E-state index in [1.807, 2.05) is 30.3 Å². The monoisotopic (exact) mass is 332 g/mol. The van der Waals surface area contributed by atoms with Crippen LogP contribution < -0.4 is 4.90 Å². The number of benzene rings is 1. The Labute approximate surface area is 138 Å². The standard InChI is InChI=1S/C17H17FN2O2S/c1-11-7-8-23-15(11)10-19(2)14-9-16(21)20(17(14)22)13-6-4-3-5-12(13)18/h3-8,14H,9-10H2,1-2H3/t14-/m0/s1. The molecule has 1 aliphatic heterocycles. The van der Waals surface area contributed by atoms with Crippen molar-refractivity contribution in [1.82, 2.24) is 4.90 Å². The molecule has 0 saturated carbocycles. The number of likely N-dealkylation sites (N-methyl/N-ethyl adjacent to an activating group) is 1. The number of imide groups is 1. The molecule has 2 aromatic rings. The number of carbonyl (C=O) groups is 2. The highest BCUT2D eigenvalue weighted by atomic mass is 32.1. The molecule has 0 spiro atoms. The molecular weight excluding hydrogens is 315 g/mol.